The molecule has 34 heavy (non-hydrogen) atoms. The van der Waals surface area contributed by atoms with Crippen molar-refractivity contribution in [1.29, 1.82) is 0 Å². The van der Waals surface area contributed by atoms with E-state index in [0.29, 0.717) is 22.5 Å². The first-order valence-electron chi connectivity index (χ1n) is 10.6. The van der Waals surface area contributed by atoms with Crippen LogP contribution in [0.2, 0.25) is 0 Å². The number of rotatable bonds is 7. The maximum absolute atomic E-state index is 13.0. The van der Waals surface area contributed by atoms with Crippen LogP contribution in [0, 0.1) is 0 Å². The summed E-state index contributed by atoms with van der Waals surface area (Å²) in [6.07, 6.45) is 0. The standard InChI is InChI=1S/C23H26N4O6S/c1-26-8-10-27(11-9-26)22-14-18(23(28)29)17-12-15(4-6-19(17)24-22)25-34(30,31)16-5-7-20(32-2)21(13-16)33-3/h4-7,12-14,25H,8-11H2,1-3H3,(H,28,29). The maximum Gasteiger partial charge on any atom is 0.336 e. The van der Waals surface area contributed by atoms with Gasteiger partial charge >= 0.3 is 5.97 Å². The lowest BCUT2D eigenvalue weighted by Gasteiger charge is -2.33. The monoisotopic (exact) mass is 486 g/mol. The number of anilines is 2. The first-order chi connectivity index (χ1) is 16.2. The molecule has 1 aliphatic heterocycles. The second-order valence-corrected chi connectivity index (χ2v) is 9.66. The van der Waals surface area contributed by atoms with Gasteiger partial charge < -0.3 is 24.4 Å². The number of aromatic nitrogens is 1. The number of hydrogen-bond donors (Lipinski definition) is 2. The van der Waals surface area contributed by atoms with Gasteiger partial charge in [-0.1, -0.05) is 0 Å². The van der Waals surface area contributed by atoms with Crippen LogP contribution in [0.15, 0.2) is 47.4 Å². The molecule has 180 valence electrons. The van der Waals surface area contributed by atoms with Crippen molar-refractivity contribution in [2.45, 2.75) is 4.90 Å². The first-order valence-corrected chi connectivity index (χ1v) is 12.1. The van der Waals surface area contributed by atoms with Gasteiger partial charge in [-0.2, -0.15) is 0 Å². The number of carbonyl (C=O) groups is 1. The molecule has 2 N–H and O–H groups in total. The lowest BCUT2D eigenvalue weighted by Crippen LogP contribution is -2.44. The number of carboxylic acid groups (broad SMARTS) is 1. The molecule has 0 unspecified atom stereocenters. The number of hydrogen-bond acceptors (Lipinski definition) is 8. The zero-order valence-corrected chi connectivity index (χ0v) is 19.9. The molecule has 10 nitrogen and oxygen atoms in total. The second-order valence-electron chi connectivity index (χ2n) is 7.98. The van der Waals surface area contributed by atoms with Crippen molar-refractivity contribution < 1.29 is 27.8 Å². The number of pyridine rings is 1. The minimum atomic E-state index is -3.97. The van der Waals surface area contributed by atoms with Gasteiger partial charge in [-0.15, -0.1) is 0 Å². The Balaban J connectivity index is 1.68. The lowest BCUT2D eigenvalue weighted by molar-refractivity contribution is 0.0699. The molecule has 11 heteroatoms. The van der Waals surface area contributed by atoms with Gasteiger partial charge in [0.25, 0.3) is 10.0 Å². The molecule has 1 saturated heterocycles. The minimum absolute atomic E-state index is 0.0211. The number of piperazine rings is 1. The Labute approximate surface area is 197 Å². The highest BCUT2D eigenvalue weighted by Crippen LogP contribution is 2.31. The van der Waals surface area contributed by atoms with Crippen molar-refractivity contribution in [3.05, 3.63) is 48.0 Å². The summed E-state index contributed by atoms with van der Waals surface area (Å²) in [5.74, 6) is 0.164. The molecular formula is C23H26N4O6S. The van der Waals surface area contributed by atoms with Gasteiger partial charge in [-0.05, 0) is 43.4 Å². The maximum atomic E-state index is 13.0. The molecule has 3 aromatic rings. The number of benzene rings is 2. The van der Waals surface area contributed by atoms with Gasteiger partial charge in [0.05, 0.1) is 30.2 Å². The summed E-state index contributed by atoms with van der Waals surface area (Å²) in [4.78, 5) is 20.9. The molecule has 0 atom stereocenters. The second kappa shape index (κ2) is 9.35. The molecule has 1 fully saturated rings. The van der Waals surface area contributed by atoms with Gasteiger partial charge in [0.15, 0.2) is 11.5 Å². The highest BCUT2D eigenvalue weighted by Gasteiger charge is 2.21. The number of ether oxygens (including phenoxy) is 2. The summed E-state index contributed by atoms with van der Waals surface area (Å²) in [6.45, 7) is 3.21. The summed E-state index contributed by atoms with van der Waals surface area (Å²) in [5, 5.41) is 10.2. The third kappa shape index (κ3) is 4.70. The Morgan fingerprint density at radius 3 is 2.35 bits per heavy atom. The van der Waals surface area contributed by atoms with E-state index in [0.717, 1.165) is 26.2 Å². The number of nitrogens with zero attached hydrogens (tertiary/aromatic N) is 3. The fraction of sp³-hybridized carbons (Fsp3) is 0.304. The Morgan fingerprint density at radius 2 is 1.71 bits per heavy atom. The van der Waals surface area contributed by atoms with Crippen LogP contribution in [-0.2, 0) is 10.0 Å². The van der Waals surface area contributed by atoms with Crippen LogP contribution >= 0.6 is 0 Å². The smallest absolute Gasteiger partial charge is 0.336 e. The van der Waals surface area contributed by atoms with Gasteiger partial charge in [-0.3, -0.25) is 4.72 Å². The van der Waals surface area contributed by atoms with Gasteiger partial charge in [0.2, 0.25) is 0 Å². The van der Waals surface area contributed by atoms with Crippen LogP contribution in [-0.4, -0.2) is 76.8 Å². The molecule has 0 aliphatic carbocycles. The van der Waals surface area contributed by atoms with E-state index in [9.17, 15) is 18.3 Å². The van der Waals surface area contributed by atoms with E-state index in [2.05, 4.69) is 19.5 Å². The van der Waals surface area contributed by atoms with Crippen LogP contribution in [0.4, 0.5) is 11.5 Å². The lowest BCUT2D eigenvalue weighted by atomic mass is 10.1. The van der Waals surface area contributed by atoms with Crippen molar-refractivity contribution in [2.24, 2.45) is 0 Å². The van der Waals surface area contributed by atoms with Gasteiger partial charge in [0, 0.05) is 43.3 Å². The highest BCUT2D eigenvalue weighted by molar-refractivity contribution is 7.92. The topological polar surface area (TPSA) is 121 Å². The van der Waals surface area contributed by atoms with Crippen LogP contribution in [0.1, 0.15) is 10.4 Å². The molecule has 4 rings (SSSR count). The van der Waals surface area contributed by atoms with Gasteiger partial charge in [-0.25, -0.2) is 18.2 Å². The number of likely N-dealkylation sites (N-methyl/N-ethyl adjacent to an activating group) is 1. The van der Waals surface area contributed by atoms with Crippen LogP contribution in [0.25, 0.3) is 10.9 Å². The third-order valence-electron chi connectivity index (χ3n) is 5.77. The average molecular weight is 487 g/mol. The largest absolute Gasteiger partial charge is 0.493 e. The van der Waals surface area contributed by atoms with Crippen molar-refractivity contribution in [3.8, 4) is 11.5 Å². The molecule has 0 saturated carbocycles. The van der Waals surface area contributed by atoms with Crippen LogP contribution in [0.3, 0.4) is 0 Å². The van der Waals surface area contributed by atoms with Crippen molar-refractivity contribution in [1.82, 2.24) is 9.88 Å². The van der Waals surface area contributed by atoms with E-state index < -0.39 is 16.0 Å². The molecule has 0 amide bonds. The molecule has 0 spiro atoms. The summed E-state index contributed by atoms with van der Waals surface area (Å²) < 4.78 is 38.8. The Kier molecular flexibility index (Phi) is 6.49. The first kappa shape index (κ1) is 23.6. The van der Waals surface area contributed by atoms with Crippen LogP contribution < -0.4 is 19.1 Å². The molecule has 1 aliphatic rings. The molecule has 2 heterocycles. The van der Waals surface area contributed by atoms with E-state index in [-0.39, 0.29) is 21.9 Å². The van der Waals surface area contributed by atoms with E-state index in [1.54, 1.807) is 18.2 Å². The summed E-state index contributed by atoms with van der Waals surface area (Å²) in [5.41, 5.74) is 0.757. The highest BCUT2D eigenvalue weighted by atomic mass is 32.2. The zero-order valence-electron chi connectivity index (χ0n) is 19.1. The Morgan fingerprint density at radius 1 is 1.00 bits per heavy atom. The quantitative estimate of drug-likeness (QED) is 0.519. The van der Waals surface area contributed by atoms with E-state index in [1.165, 1.54) is 38.5 Å². The number of carboxylic acids is 1. The number of aromatic carboxylic acids is 1. The number of sulfonamides is 1. The predicted molar refractivity (Wildman–Crippen MR) is 129 cm³/mol. The average Bonchev–Trinajstić information content (AvgIpc) is 2.83. The molecule has 2 aromatic carbocycles. The molecule has 0 radical (unpaired) electrons. The van der Waals surface area contributed by atoms with Crippen LogP contribution in [0.5, 0.6) is 11.5 Å². The fourth-order valence-corrected chi connectivity index (χ4v) is 4.91. The number of nitrogens with one attached hydrogen (secondary N) is 1. The SMILES string of the molecule is COc1ccc(S(=O)(=O)Nc2ccc3nc(N4CCN(C)CC4)cc(C(=O)O)c3c2)cc1OC. The van der Waals surface area contributed by atoms with E-state index in [4.69, 9.17) is 9.47 Å². The minimum Gasteiger partial charge on any atom is -0.493 e. The zero-order chi connectivity index (χ0) is 24.5. The fourth-order valence-electron chi connectivity index (χ4n) is 3.85. The number of fused-ring (bicyclic) bond motifs is 1. The summed E-state index contributed by atoms with van der Waals surface area (Å²) in [7, 11) is 0.950. The summed E-state index contributed by atoms with van der Waals surface area (Å²) >= 11 is 0. The van der Waals surface area contributed by atoms with Crippen molar-refractivity contribution in [2.75, 3.05) is 57.1 Å². The Hall–Kier alpha value is -3.57. The van der Waals surface area contributed by atoms with E-state index >= 15 is 0 Å². The van der Waals surface area contributed by atoms with E-state index in [1.807, 2.05) is 7.05 Å². The summed E-state index contributed by atoms with van der Waals surface area (Å²) in [6, 6.07) is 10.5. The van der Waals surface area contributed by atoms with Crippen molar-refractivity contribution in [3.63, 3.8) is 0 Å². The molecule has 0 bridgehead atoms. The van der Waals surface area contributed by atoms with Crippen molar-refractivity contribution >= 4 is 38.4 Å². The third-order valence-corrected chi connectivity index (χ3v) is 7.15. The predicted octanol–water partition coefficient (Wildman–Crippen LogP) is 2.50. The van der Waals surface area contributed by atoms with Gasteiger partial charge in [0.1, 0.15) is 5.82 Å². The molecule has 1 aromatic heterocycles. The number of methoxy groups -OCH3 is 2. The molecular weight excluding hydrogens is 460 g/mol. The Bertz CT molecular complexity index is 1340. The normalized spacial score (nSPS) is 14.7.